The number of benzene rings is 2. The van der Waals surface area contributed by atoms with Crippen LogP contribution in [0.1, 0.15) is 13.8 Å². The molecular formula is C16H20N2. The fraction of sp³-hybridized carbons (Fsp3) is 0.250. The van der Waals surface area contributed by atoms with Gasteiger partial charge in [0.2, 0.25) is 0 Å². The quantitative estimate of drug-likeness (QED) is 0.824. The van der Waals surface area contributed by atoms with Gasteiger partial charge in [0.1, 0.15) is 0 Å². The lowest BCUT2D eigenvalue weighted by Gasteiger charge is -2.21. The molecular weight excluding hydrogens is 220 g/mol. The first-order valence-corrected chi connectivity index (χ1v) is 6.45. The fourth-order valence-corrected chi connectivity index (χ4v) is 2.13. The Labute approximate surface area is 109 Å². The Balaban J connectivity index is 2.24. The van der Waals surface area contributed by atoms with E-state index < -0.39 is 0 Å². The van der Waals surface area contributed by atoms with Crippen molar-refractivity contribution in [1.29, 1.82) is 0 Å². The van der Waals surface area contributed by atoms with Crippen LogP contribution in [0.25, 0.3) is 11.1 Å². The maximum atomic E-state index is 5.70. The standard InChI is InChI=1S/C16H20N2/c1-3-18(4-2)16-11-7-14(8-12-16)13-5-9-15(17)10-6-13/h5-12H,3-4,17H2,1-2H3. The summed E-state index contributed by atoms with van der Waals surface area (Å²) in [6, 6.07) is 16.7. The highest BCUT2D eigenvalue weighted by Gasteiger charge is 2.02. The van der Waals surface area contributed by atoms with Gasteiger partial charge in [-0.3, -0.25) is 0 Å². The van der Waals surface area contributed by atoms with Gasteiger partial charge < -0.3 is 10.6 Å². The lowest BCUT2D eigenvalue weighted by atomic mass is 10.0. The summed E-state index contributed by atoms with van der Waals surface area (Å²) in [7, 11) is 0. The van der Waals surface area contributed by atoms with E-state index in [1.54, 1.807) is 0 Å². The van der Waals surface area contributed by atoms with Crippen molar-refractivity contribution < 1.29 is 0 Å². The van der Waals surface area contributed by atoms with E-state index >= 15 is 0 Å². The molecule has 2 N–H and O–H groups in total. The van der Waals surface area contributed by atoms with Gasteiger partial charge in [-0.1, -0.05) is 24.3 Å². The number of hydrogen-bond donors (Lipinski definition) is 1. The van der Waals surface area contributed by atoms with Crippen LogP contribution in [0.2, 0.25) is 0 Å². The summed E-state index contributed by atoms with van der Waals surface area (Å²) >= 11 is 0. The van der Waals surface area contributed by atoms with E-state index in [-0.39, 0.29) is 0 Å². The van der Waals surface area contributed by atoms with Crippen molar-refractivity contribution in [2.24, 2.45) is 0 Å². The van der Waals surface area contributed by atoms with Gasteiger partial charge in [0.05, 0.1) is 0 Å². The molecule has 0 aromatic heterocycles. The Morgan fingerprint density at radius 1 is 0.778 bits per heavy atom. The molecule has 0 saturated carbocycles. The lowest BCUT2D eigenvalue weighted by molar-refractivity contribution is 0.866. The minimum atomic E-state index is 0.804. The summed E-state index contributed by atoms with van der Waals surface area (Å²) in [5.74, 6) is 0. The number of anilines is 2. The highest BCUT2D eigenvalue weighted by Crippen LogP contribution is 2.23. The van der Waals surface area contributed by atoms with Gasteiger partial charge >= 0.3 is 0 Å². The summed E-state index contributed by atoms with van der Waals surface area (Å²) in [5.41, 5.74) is 10.2. The van der Waals surface area contributed by atoms with Crippen LogP contribution in [0.15, 0.2) is 48.5 Å². The molecule has 0 radical (unpaired) electrons. The Morgan fingerprint density at radius 2 is 1.22 bits per heavy atom. The molecule has 18 heavy (non-hydrogen) atoms. The Kier molecular flexibility index (Phi) is 3.88. The molecule has 0 spiro atoms. The van der Waals surface area contributed by atoms with Gasteiger partial charge in [-0.05, 0) is 49.2 Å². The van der Waals surface area contributed by atoms with E-state index in [9.17, 15) is 0 Å². The average molecular weight is 240 g/mol. The minimum Gasteiger partial charge on any atom is -0.399 e. The molecule has 0 aliphatic heterocycles. The predicted octanol–water partition coefficient (Wildman–Crippen LogP) is 3.78. The van der Waals surface area contributed by atoms with Crippen molar-refractivity contribution in [3.63, 3.8) is 0 Å². The molecule has 2 aromatic rings. The Bertz CT molecular complexity index is 482. The van der Waals surface area contributed by atoms with Crippen molar-refractivity contribution in [3.05, 3.63) is 48.5 Å². The zero-order valence-corrected chi connectivity index (χ0v) is 11.1. The van der Waals surface area contributed by atoms with Crippen molar-refractivity contribution in [1.82, 2.24) is 0 Å². The van der Waals surface area contributed by atoms with Crippen LogP contribution in [-0.2, 0) is 0 Å². The second kappa shape index (κ2) is 5.58. The van der Waals surface area contributed by atoms with Crippen molar-refractivity contribution in [2.75, 3.05) is 23.7 Å². The number of nitrogens with two attached hydrogens (primary N) is 1. The van der Waals surface area contributed by atoms with Crippen LogP contribution in [0.4, 0.5) is 11.4 Å². The van der Waals surface area contributed by atoms with Crippen LogP contribution in [-0.4, -0.2) is 13.1 Å². The Morgan fingerprint density at radius 3 is 1.67 bits per heavy atom. The highest BCUT2D eigenvalue weighted by atomic mass is 15.1. The number of hydrogen-bond acceptors (Lipinski definition) is 2. The Hall–Kier alpha value is -1.96. The molecule has 94 valence electrons. The van der Waals surface area contributed by atoms with E-state index in [0.29, 0.717) is 0 Å². The molecule has 2 rings (SSSR count). The first kappa shape index (κ1) is 12.5. The zero-order valence-electron chi connectivity index (χ0n) is 11.1. The maximum Gasteiger partial charge on any atom is 0.0366 e. The summed E-state index contributed by atoms with van der Waals surface area (Å²) in [5, 5.41) is 0. The molecule has 0 heterocycles. The van der Waals surface area contributed by atoms with E-state index in [1.807, 2.05) is 12.1 Å². The third-order valence-corrected chi connectivity index (χ3v) is 3.24. The first-order valence-electron chi connectivity index (χ1n) is 6.45. The van der Waals surface area contributed by atoms with Crippen LogP contribution < -0.4 is 10.6 Å². The van der Waals surface area contributed by atoms with Crippen LogP contribution >= 0.6 is 0 Å². The summed E-state index contributed by atoms with van der Waals surface area (Å²) in [6.07, 6.45) is 0. The molecule has 0 saturated heterocycles. The van der Waals surface area contributed by atoms with Gasteiger partial charge in [0, 0.05) is 24.5 Å². The van der Waals surface area contributed by atoms with Crippen LogP contribution in [0.5, 0.6) is 0 Å². The van der Waals surface area contributed by atoms with Gasteiger partial charge in [0.25, 0.3) is 0 Å². The third kappa shape index (κ3) is 2.65. The van der Waals surface area contributed by atoms with Gasteiger partial charge in [-0.2, -0.15) is 0 Å². The summed E-state index contributed by atoms with van der Waals surface area (Å²) < 4.78 is 0. The number of nitrogens with zero attached hydrogens (tertiary/aromatic N) is 1. The van der Waals surface area contributed by atoms with Gasteiger partial charge in [-0.15, -0.1) is 0 Å². The number of rotatable bonds is 4. The smallest absolute Gasteiger partial charge is 0.0366 e. The second-order valence-corrected chi connectivity index (χ2v) is 4.34. The second-order valence-electron chi connectivity index (χ2n) is 4.34. The molecule has 2 aromatic carbocycles. The minimum absolute atomic E-state index is 0.804. The maximum absolute atomic E-state index is 5.70. The first-order chi connectivity index (χ1) is 8.74. The van der Waals surface area contributed by atoms with Gasteiger partial charge in [0.15, 0.2) is 0 Å². The van der Waals surface area contributed by atoms with E-state index in [2.05, 4.69) is 55.1 Å². The highest BCUT2D eigenvalue weighted by molar-refractivity contribution is 5.67. The van der Waals surface area contributed by atoms with Crippen molar-refractivity contribution in [3.8, 4) is 11.1 Å². The normalized spacial score (nSPS) is 10.3. The summed E-state index contributed by atoms with van der Waals surface area (Å²) in [6.45, 7) is 6.43. The molecule has 0 aliphatic rings. The van der Waals surface area contributed by atoms with E-state index in [4.69, 9.17) is 5.73 Å². The molecule has 0 amide bonds. The predicted molar refractivity (Wildman–Crippen MR) is 79.9 cm³/mol. The topological polar surface area (TPSA) is 29.3 Å². The average Bonchev–Trinajstić information content (AvgIpc) is 2.42. The van der Waals surface area contributed by atoms with Crippen LogP contribution in [0.3, 0.4) is 0 Å². The molecule has 0 atom stereocenters. The fourth-order valence-electron chi connectivity index (χ4n) is 2.13. The molecule has 2 nitrogen and oxygen atoms in total. The van der Waals surface area contributed by atoms with Crippen molar-refractivity contribution >= 4 is 11.4 Å². The third-order valence-electron chi connectivity index (χ3n) is 3.24. The lowest BCUT2D eigenvalue weighted by Crippen LogP contribution is -2.21. The molecule has 0 aliphatic carbocycles. The van der Waals surface area contributed by atoms with E-state index in [1.165, 1.54) is 16.8 Å². The molecule has 0 bridgehead atoms. The SMILES string of the molecule is CCN(CC)c1ccc(-c2ccc(N)cc2)cc1. The molecule has 0 fully saturated rings. The van der Waals surface area contributed by atoms with Crippen LogP contribution in [0, 0.1) is 0 Å². The van der Waals surface area contributed by atoms with E-state index in [0.717, 1.165) is 18.8 Å². The number of nitrogen functional groups attached to an aromatic ring is 1. The van der Waals surface area contributed by atoms with Gasteiger partial charge in [-0.25, -0.2) is 0 Å². The largest absolute Gasteiger partial charge is 0.399 e. The molecule has 0 unspecified atom stereocenters. The zero-order chi connectivity index (χ0) is 13.0. The monoisotopic (exact) mass is 240 g/mol. The molecule has 2 heteroatoms. The van der Waals surface area contributed by atoms with Crippen molar-refractivity contribution in [2.45, 2.75) is 13.8 Å². The summed E-state index contributed by atoms with van der Waals surface area (Å²) in [4.78, 5) is 2.34.